The molecule has 0 fully saturated rings. The van der Waals surface area contributed by atoms with Gasteiger partial charge in [-0.25, -0.2) is 4.39 Å². The van der Waals surface area contributed by atoms with Crippen LogP contribution in [0.5, 0.6) is 5.75 Å². The molecule has 1 heterocycles. The zero-order valence-electron chi connectivity index (χ0n) is 13.0. The molecule has 0 saturated carbocycles. The van der Waals surface area contributed by atoms with Gasteiger partial charge in [-0.05, 0) is 35.9 Å². The SMILES string of the molecule is COc1cccc(NC(=O)c2cc(Cc3ccc(F)cc3)[nH]n2)c1. The second-order valence-electron chi connectivity index (χ2n) is 5.27. The van der Waals surface area contributed by atoms with Gasteiger partial charge in [0.25, 0.3) is 5.91 Å². The van der Waals surface area contributed by atoms with Crippen LogP contribution in [0, 0.1) is 5.82 Å². The molecule has 0 aliphatic heterocycles. The van der Waals surface area contributed by atoms with E-state index in [1.807, 2.05) is 0 Å². The van der Waals surface area contributed by atoms with Crippen LogP contribution in [0.1, 0.15) is 21.7 Å². The number of rotatable bonds is 5. The van der Waals surface area contributed by atoms with Gasteiger partial charge in [0.2, 0.25) is 0 Å². The molecule has 1 aromatic heterocycles. The average Bonchev–Trinajstić information content (AvgIpc) is 3.06. The van der Waals surface area contributed by atoms with Gasteiger partial charge in [-0.15, -0.1) is 0 Å². The maximum absolute atomic E-state index is 12.9. The first-order valence-corrected chi connectivity index (χ1v) is 7.38. The fourth-order valence-corrected chi connectivity index (χ4v) is 2.29. The summed E-state index contributed by atoms with van der Waals surface area (Å²) < 4.78 is 18.0. The van der Waals surface area contributed by atoms with Crippen molar-refractivity contribution in [1.29, 1.82) is 0 Å². The normalized spacial score (nSPS) is 10.4. The van der Waals surface area contributed by atoms with Crippen molar-refractivity contribution in [1.82, 2.24) is 10.2 Å². The van der Waals surface area contributed by atoms with Gasteiger partial charge >= 0.3 is 0 Å². The van der Waals surface area contributed by atoms with Gasteiger partial charge in [0.15, 0.2) is 5.69 Å². The number of carbonyl (C=O) groups excluding carboxylic acids is 1. The van der Waals surface area contributed by atoms with Crippen LogP contribution < -0.4 is 10.1 Å². The van der Waals surface area contributed by atoms with Gasteiger partial charge in [0.05, 0.1) is 7.11 Å². The fraction of sp³-hybridized carbons (Fsp3) is 0.111. The molecule has 5 nitrogen and oxygen atoms in total. The summed E-state index contributed by atoms with van der Waals surface area (Å²) in [6, 6.07) is 15.0. The Balaban J connectivity index is 1.67. The smallest absolute Gasteiger partial charge is 0.276 e. The first-order chi connectivity index (χ1) is 11.6. The van der Waals surface area contributed by atoms with Crippen molar-refractivity contribution >= 4 is 11.6 Å². The van der Waals surface area contributed by atoms with E-state index in [0.29, 0.717) is 17.9 Å². The molecular weight excluding hydrogens is 309 g/mol. The lowest BCUT2D eigenvalue weighted by Gasteiger charge is -2.05. The molecule has 2 aromatic carbocycles. The number of aromatic nitrogens is 2. The van der Waals surface area contributed by atoms with Crippen molar-refractivity contribution in [3.8, 4) is 5.75 Å². The summed E-state index contributed by atoms with van der Waals surface area (Å²) in [7, 11) is 1.57. The summed E-state index contributed by atoms with van der Waals surface area (Å²) in [5, 5.41) is 9.62. The molecule has 24 heavy (non-hydrogen) atoms. The molecular formula is C18H16FN3O2. The number of methoxy groups -OCH3 is 1. The van der Waals surface area contributed by atoms with Crippen molar-refractivity contribution < 1.29 is 13.9 Å². The molecule has 122 valence electrons. The lowest BCUT2D eigenvalue weighted by atomic mass is 10.1. The van der Waals surface area contributed by atoms with E-state index in [1.54, 1.807) is 49.6 Å². The van der Waals surface area contributed by atoms with Crippen molar-refractivity contribution in [2.75, 3.05) is 12.4 Å². The number of aromatic amines is 1. The van der Waals surface area contributed by atoms with E-state index in [1.165, 1.54) is 12.1 Å². The Kier molecular flexibility index (Phi) is 4.56. The zero-order valence-corrected chi connectivity index (χ0v) is 13.0. The predicted octanol–water partition coefficient (Wildman–Crippen LogP) is 3.40. The number of halogens is 1. The van der Waals surface area contributed by atoms with Gasteiger partial charge in [-0.1, -0.05) is 18.2 Å². The summed E-state index contributed by atoms with van der Waals surface area (Å²) >= 11 is 0. The number of hydrogen-bond donors (Lipinski definition) is 2. The predicted molar refractivity (Wildman–Crippen MR) is 88.7 cm³/mol. The lowest BCUT2D eigenvalue weighted by Crippen LogP contribution is -2.12. The molecule has 0 radical (unpaired) electrons. The van der Waals surface area contributed by atoms with Crippen LogP contribution in [0.4, 0.5) is 10.1 Å². The molecule has 6 heteroatoms. The molecule has 0 bridgehead atoms. The molecule has 0 spiro atoms. The van der Waals surface area contributed by atoms with E-state index >= 15 is 0 Å². The number of hydrogen-bond acceptors (Lipinski definition) is 3. The van der Waals surface area contributed by atoms with Crippen molar-refractivity contribution in [2.45, 2.75) is 6.42 Å². The minimum atomic E-state index is -0.315. The molecule has 0 saturated heterocycles. The second kappa shape index (κ2) is 6.95. The summed E-state index contributed by atoms with van der Waals surface area (Å²) in [6.07, 6.45) is 0.541. The van der Waals surface area contributed by atoms with Crippen molar-refractivity contribution in [3.63, 3.8) is 0 Å². The maximum atomic E-state index is 12.9. The zero-order chi connectivity index (χ0) is 16.9. The summed E-state index contributed by atoms with van der Waals surface area (Å²) in [4.78, 5) is 12.2. The molecule has 3 rings (SSSR count). The van der Waals surface area contributed by atoms with Crippen LogP contribution in [0.25, 0.3) is 0 Å². The number of ether oxygens (including phenoxy) is 1. The van der Waals surface area contributed by atoms with Gasteiger partial charge in [0.1, 0.15) is 11.6 Å². The molecule has 0 aliphatic carbocycles. The topological polar surface area (TPSA) is 67.0 Å². The van der Waals surface area contributed by atoms with Crippen LogP contribution in [-0.4, -0.2) is 23.2 Å². The van der Waals surface area contributed by atoms with Gasteiger partial charge in [-0.2, -0.15) is 5.10 Å². The Morgan fingerprint density at radius 1 is 1.21 bits per heavy atom. The number of nitrogens with zero attached hydrogens (tertiary/aromatic N) is 1. The van der Waals surface area contributed by atoms with Crippen LogP contribution in [0.2, 0.25) is 0 Å². The summed E-state index contributed by atoms with van der Waals surface area (Å²) in [5.74, 6) is 0.0680. The quantitative estimate of drug-likeness (QED) is 0.755. The molecule has 2 N–H and O–H groups in total. The number of benzene rings is 2. The Labute approximate surface area is 138 Å². The lowest BCUT2D eigenvalue weighted by molar-refractivity contribution is 0.102. The Morgan fingerprint density at radius 2 is 2.00 bits per heavy atom. The van der Waals surface area contributed by atoms with E-state index in [4.69, 9.17) is 4.74 Å². The molecule has 3 aromatic rings. The third kappa shape index (κ3) is 3.78. The monoisotopic (exact) mass is 325 g/mol. The van der Waals surface area contributed by atoms with Crippen LogP contribution in [0.3, 0.4) is 0 Å². The number of carbonyl (C=O) groups is 1. The van der Waals surface area contributed by atoms with E-state index in [2.05, 4.69) is 15.5 Å². The molecule has 0 unspecified atom stereocenters. The average molecular weight is 325 g/mol. The maximum Gasteiger partial charge on any atom is 0.276 e. The highest BCUT2D eigenvalue weighted by molar-refractivity contribution is 6.03. The third-order valence-corrected chi connectivity index (χ3v) is 3.50. The Hall–Kier alpha value is -3.15. The number of anilines is 1. The minimum Gasteiger partial charge on any atom is -0.497 e. The largest absolute Gasteiger partial charge is 0.497 e. The van der Waals surface area contributed by atoms with Gasteiger partial charge < -0.3 is 10.1 Å². The van der Waals surface area contributed by atoms with E-state index in [9.17, 15) is 9.18 Å². The van der Waals surface area contributed by atoms with Crippen LogP contribution >= 0.6 is 0 Å². The van der Waals surface area contributed by atoms with E-state index in [0.717, 1.165) is 11.3 Å². The Morgan fingerprint density at radius 3 is 2.75 bits per heavy atom. The molecule has 0 atom stereocenters. The summed E-state index contributed by atoms with van der Waals surface area (Å²) in [5.41, 5.74) is 2.62. The van der Waals surface area contributed by atoms with E-state index < -0.39 is 0 Å². The third-order valence-electron chi connectivity index (χ3n) is 3.50. The van der Waals surface area contributed by atoms with Crippen LogP contribution in [0.15, 0.2) is 54.6 Å². The highest BCUT2D eigenvalue weighted by Crippen LogP contribution is 2.17. The number of nitrogens with one attached hydrogen (secondary N) is 2. The van der Waals surface area contributed by atoms with E-state index in [-0.39, 0.29) is 17.4 Å². The highest BCUT2D eigenvalue weighted by Gasteiger charge is 2.11. The Bertz CT molecular complexity index is 843. The van der Waals surface area contributed by atoms with Crippen LogP contribution in [-0.2, 0) is 6.42 Å². The highest BCUT2D eigenvalue weighted by atomic mass is 19.1. The molecule has 0 aliphatic rings. The van der Waals surface area contributed by atoms with Gasteiger partial charge in [-0.3, -0.25) is 9.89 Å². The molecule has 1 amide bonds. The first-order valence-electron chi connectivity index (χ1n) is 7.38. The minimum absolute atomic E-state index is 0.276. The fourth-order valence-electron chi connectivity index (χ4n) is 2.29. The standard InChI is InChI=1S/C18H16FN3O2/c1-24-16-4-2-3-14(10-16)20-18(23)17-11-15(21-22-17)9-12-5-7-13(19)8-6-12/h2-8,10-11H,9H2,1H3,(H,20,23)(H,21,22). The van der Waals surface area contributed by atoms with Crippen molar-refractivity contribution in [3.05, 3.63) is 77.4 Å². The van der Waals surface area contributed by atoms with Crippen molar-refractivity contribution in [2.24, 2.45) is 0 Å². The number of amides is 1. The van der Waals surface area contributed by atoms with Gasteiger partial charge in [0, 0.05) is 23.9 Å². The second-order valence-corrected chi connectivity index (χ2v) is 5.27. The summed E-state index contributed by atoms with van der Waals surface area (Å²) in [6.45, 7) is 0. The number of H-pyrrole nitrogens is 1. The first kappa shape index (κ1) is 15.7.